The van der Waals surface area contributed by atoms with E-state index in [1.165, 1.54) is 33.0 Å². The number of pyridine rings is 1. The van der Waals surface area contributed by atoms with Crippen molar-refractivity contribution in [2.75, 3.05) is 0 Å². The van der Waals surface area contributed by atoms with Crippen LogP contribution >= 0.6 is 0 Å². The second-order valence-electron chi connectivity index (χ2n) is 12.9. The van der Waals surface area contributed by atoms with E-state index in [4.69, 9.17) is 14.8 Å². The Labute approximate surface area is 271 Å². The van der Waals surface area contributed by atoms with E-state index >= 15 is 0 Å². The molecule has 7 aromatic rings. The van der Waals surface area contributed by atoms with Gasteiger partial charge in [0.2, 0.25) is 0 Å². The number of nitrogens with zero attached hydrogens (tertiary/aromatic N) is 4. The highest BCUT2D eigenvalue weighted by Crippen LogP contribution is 2.38. The molecule has 5 nitrogen and oxygen atoms in total. The highest BCUT2D eigenvalue weighted by molar-refractivity contribution is 6.09. The Morgan fingerprint density at radius 1 is 0.674 bits per heavy atom. The minimum absolute atomic E-state index is 0.462. The van der Waals surface area contributed by atoms with E-state index in [0.29, 0.717) is 11.8 Å². The van der Waals surface area contributed by atoms with Crippen molar-refractivity contribution in [2.45, 2.75) is 54.4 Å². The van der Waals surface area contributed by atoms with E-state index in [1.807, 2.05) is 23.0 Å². The number of fused-ring (bicyclic) bond motifs is 3. The van der Waals surface area contributed by atoms with Crippen LogP contribution in [0, 0.1) is 33.6 Å². The quantitative estimate of drug-likeness (QED) is 0.182. The first kappa shape index (κ1) is 29.5. The molecule has 0 radical (unpaired) electrons. The zero-order valence-corrected chi connectivity index (χ0v) is 27.7. The lowest BCUT2D eigenvalue weighted by Crippen LogP contribution is -2.02. The van der Waals surface area contributed by atoms with Crippen molar-refractivity contribution in [3.8, 4) is 34.1 Å². The number of hydrogen-bond acceptors (Lipinski definition) is 3. The van der Waals surface area contributed by atoms with Gasteiger partial charge in [0, 0.05) is 40.4 Å². The summed E-state index contributed by atoms with van der Waals surface area (Å²) in [4.78, 5) is 4.79. The van der Waals surface area contributed by atoms with Crippen molar-refractivity contribution in [2.24, 2.45) is 5.92 Å². The van der Waals surface area contributed by atoms with Crippen LogP contribution in [0.5, 0.6) is 11.5 Å². The lowest BCUT2D eigenvalue weighted by atomic mass is 9.89. The molecule has 0 bridgehead atoms. The molecule has 230 valence electrons. The van der Waals surface area contributed by atoms with E-state index in [9.17, 15) is 0 Å². The summed E-state index contributed by atoms with van der Waals surface area (Å²) in [6.07, 6.45) is 1.88. The largest absolute Gasteiger partial charge is 0.457 e. The van der Waals surface area contributed by atoms with Gasteiger partial charge in [-0.25, -0.2) is 9.67 Å². The molecule has 0 fully saturated rings. The average Bonchev–Trinajstić information content (AvgIpc) is 3.52. The molecule has 7 rings (SSSR count). The van der Waals surface area contributed by atoms with E-state index in [1.54, 1.807) is 0 Å². The normalized spacial score (nSPS) is 12.3. The van der Waals surface area contributed by atoms with Gasteiger partial charge in [0.1, 0.15) is 17.3 Å². The molecule has 3 aromatic heterocycles. The van der Waals surface area contributed by atoms with Crippen LogP contribution in [-0.2, 0) is 0 Å². The molecule has 5 heteroatoms. The lowest BCUT2D eigenvalue weighted by Gasteiger charge is -2.16. The van der Waals surface area contributed by atoms with Gasteiger partial charge in [-0.3, -0.25) is 4.57 Å². The topological polar surface area (TPSA) is 44.9 Å². The predicted molar refractivity (Wildman–Crippen MR) is 190 cm³/mol. The first-order chi connectivity index (χ1) is 22.2. The van der Waals surface area contributed by atoms with Crippen LogP contribution in [0.15, 0.2) is 103 Å². The zero-order valence-electron chi connectivity index (χ0n) is 27.7. The summed E-state index contributed by atoms with van der Waals surface area (Å²) in [5, 5.41) is 7.36. The van der Waals surface area contributed by atoms with Crippen molar-refractivity contribution < 1.29 is 4.74 Å². The molecule has 0 spiro atoms. The van der Waals surface area contributed by atoms with Crippen LogP contribution in [0.1, 0.15) is 54.8 Å². The van der Waals surface area contributed by atoms with Crippen molar-refractivity contribution >= 4 is 21.8 Å². The summed E-state index contributed by atoms with van der Waals surface area (Å²) in [5.74, 6) is 3.47. The third kappa shape index (κ3) is 5.26. The summed E-state index contributed by atoms with van der Waals surface area (Å²) in [7, 11) is 0. The van der Waals surface area contributed by atoms with E-state index in [-0.39, 0.29) is 0 Å². The smallest absolute Gasteiger partial charge is 0.137 e. The highest BCUT2D eigenvalue weighted by Gasteiger charge is 2.19. The van der Waals surface area contributed by atoms with Gasteiger partial charge < -0.3 is 4.74 Å². The SMILES string of the molecule is Cc1cc(Oc2ccc3c4cc(C(C)C(C)C)ccc4n(-c4cc(C)ccn4)c3c2)cc(-n2nc(C)c(-c3ccccc3)c2C)c1. The fraction of sp³-hybridized carbons (Fsp3) is 0.220. The predicted octanol–water partition coefficient (Wildman–Crippen LogP) is 10.8. The van der Waals surface area contributed by atoms with Gasteiger partial charge in [-0.15, -0.1) is 0 Å². The van der Waals surface area contributed by atoms with Crippen molar-refractivity contribution in [1.29, 1.82) is 0 Å². The second kappa shape index (κ2) is 11.6. The molecule has 4 aromatic carbocycles. The first-order valence-corrected chi connectivity index (χ1v) is 16.1. The molecule has 0 saturated carbocycles. The summed E-state index contributed by atoms with van der Waals surface area (Å²) in [6.45, 7) is 15.3. The number of ether oxygens (including phenoxy) is 1. The molecule has 1 unspecified atom stereocenters. The molecule has 0 aliphatic rings. The van der Waals surface area contributed by atoms with E-state index < -0.39 is 0 Å². The summed E-state index contributed by atoms with van der Waals surface area (Å²) in [5.41, 5.74) is 11.3. The average molecular weight is 605 g/mol. The molecule has 46 heavy (non-hydrogen) atoms. The second-order valence-corrected chi connectivity index (χ2v) is 12.9. The maximum absolute atomic E-state index is 6.62. The van der Waals surface area contributed by atoms with Crippen LogP contribution in [0.3, 0.4) is 0 Å². The highest BCUT2D eigenvalue weighted by atomic mass is 16.5. The molecule has 3 heterocycles. The van der Waals surface area contributed by atoms with E-state index in [0.717, 1.165) is 51.0 Å². The van der Waals surface area contributed by atoms with Gasteiger partial charge in [-0.1, -0.05) is 57.2 Å². The third-order valence-corrected chi connectivity index (χ3v) is 9.29. The fourth-order valence-corrected chi connectivity index (χ4v) is 6.60. The summed E-state index contributed by atoms with van der Waals surface area (Å²) in [6, 6.07) is 34.2. The van der Waals surface area contributed by atoms with Crippen molar-refractivity contribution in [1.82, 2.24) is 19.3 Å². The number of aromatic nitrogens is 4. The molecule has 0 saturated heterocycles. The minimum Gasteiger partial charge on any atom is -0.457 e. The number of rotatable bonds is 7. The zero-order chi connectivity index (χ0) is 32.1. The van der Waals surface area contributed by atoms with Gasteiger partial charge in [0.05, 0.1) is 22.4 Å². The Bertz CT molecular complexity index is 2220. The van der Waals surface area contributed by atoms with Crippen LogP contribution in [-0.4, -0.2) is 19.3 Å². The van der Waals surface area contributed by atoms with Gasteiger partial charge >= 0.3 is 0 Å². The maximum atomic E-state index is 6.62. The maximum Gasteiger partial charge on any atom is 0.137 e. The third-order valence-electron chi connectivity index (χ3n) is 9.29. The molecule has 0 N–H and O–H groups in total. The van der Waals surface area contributed by atoms with Gasteiger partial charge in [-0.2, -0.15) is 5.10 Å². The molecular formula is C41H40N4O. The van der Waals surface area contributed by atoms with Crippen molar-refractivity contribution in [3.63, 3.8) is 0 Å². The molecule has 0 aliphatic heterocycles. The standard InChI is InChI=1S/C41H40N4O/c1-25(2)28(5)32-13-16-38-37(22-32)36-15-14-34(24-39(36)44(38)40-21-26(3)17-18-42-40)46-35-20-27(4)19-33(23-35)45-30(7)41(29(6)43-45)31-11-9-8-10-12-31/h8-25,28H,1-7H3. The Kier molecular flexibility index (Phi) is 7.48. The van der Waals surface area contributed by atoms with Gasteiger partial charge in [0.25, 0.3) is 0 Å². The molecular weight excluding hydrogens is 564 g/mol. The minimum atomic E-state index is 0.462. The van der Waals surface area contributed by atoms with Crippen LogP contribution in [0.25, 0.3) is 44.4 Å². The van der Waals surface area contributed by atoms with E-state index in [2.05, 4.69) is 138 Å². The van der Waals surface area contributed by atoms with Crippen LogP contribution in [0.4, 0.5) is 0 Å². The van der Waals surface area contributed by atoms with Gasteiger partial charge in [0.15, 0.2) is 0 Å². The Hall–Kier alpha value is -5.16. The Balaban J connectivity index is 1.32. The van der Waals surface area contributed by atoms with Crippen LogP contribution in [0.2, 0.25) is 0 Å². The fourth-order valence-electron chi connectivity index (χ4n) is 6.60. The Morgan fingerprint density at radius 3 is 2.24 bits per heavy atom. The first-order valence-electron chi connectivity index (χ1n) is 16.1. The number of hydrogen-bond donors (Lipinski definition) is 0. The summed E-state index contributed by atoms with van der Waals surface area (Å²) < 4.78 is 10.9. The van der Waals surface area contributed by atoms with Crippen LogP contribution < -0.4 is 4.74 Å². The molecule has 0 amide bonds. The molecule has 0 aliphatic carbocycles. The Morgan fingerprint density at radius 2 is 1.48 bits per heavy atom. The van der Waals surface area contributed by atoms with Crippen molar-refractivity contribution in [3.05, 3.63) is 131 Å². The number of aryl methyl sites for hydroxylation is 3. The monoisotopic (exact) mass is 604 g/mol. The van der Waals surface area contributed by atoms with Gasteiger partial charge in [-0.05, 0) is 110 Å². The number of benzene rings is 4. The lowest BCUT2D eigenvalue weighted by molar-refractivity contribution is 0.482. The summed E-state index contributed by atoms with van der Waals surface area (Å²) >= 11 is 0. The molecule has 1 atom stereocenters.